The van der Waals surface area contributed by atoms with E-state index in [0.717, 1.165) is 24.2 Å². The summed E-state index contributed by atoms with van der Waals surface area (Å²) >= 11 is 0. The van der Waals surface area contributed by atoms with Crippen LogP contribution in [0.2, 0.25) is 0 Å². The third kappa shape index (κ3) is 4.39. The second kappa shape index (κ2) is 8.57. The molecule has 6 nitrogen and oxygen atoms in total. The summed E-state index contributed by atoms with van der Waals surface area (Å²) in [5.74, 6) is -2.96. The number of allylic oxidation sites excluding steroid dienone is 2. The number of alkyl halides is 3. The van der Waals surface area contributed by atoms with E-state index in [-0.39, 0.29) is 5.78 Å². The maximum Gasteiger partial charge on any atom is 0.430 e. The van der Waals surface area contributed by atoms with Crippen molar-refractivity contribution in [1.82, 2.24) is 10.3 Å². The molecule has 0 fully saturated rings. The van der Waals surface area contributed by atoms with Crippen LogP contribution in [0.25, 0.3) is 10.8 Å². The van der Waals surface area contributed by atoms with Crippen molar-refractivity contribution in [2.45, 2.75) is 19.1 Å². The highest BCUT2D eigenvalue weighted by Gasteiger charge is 2.35. The number of ketones is 1. The van der Waals surface area contributed by atoms with Crippen LogP contribution in [0.4, 0.5) is 13.2 Å². The molecular weight excluding hydrogens is 435 g/mol. The standard InChI is InChI=1S/C22H19N3O.C2HF3O2/c1-25-10-9-16-13-24-21-20(16)19(25)11-18(22(21)26)23-12-15-7-4-6-14-5-2-3-8-17(14)15;3-2(4,5)1(6)7/h2-8,11,13H,9-10,12H2,1H3,(H,23,24,26);(H,6,7). The van der Waals surface area contributed by atoms with Gasteiger partial charge in [0.05, 0.1) is 11.3 Å². The van der Waals surface area contributed by atoms with E-state index < -0.39 is 12.1 Å². The fourth-order valence-electron chi connectivity index (χ4n) is 4.02. The molecule has 9 heteroatoms. The van der Waals surface area contributed by atoms with Crippen LogP contribution in [0, 0.1) is 0 Å². The second-order valence-electron chi connectivity index (χ2n) is 7.78. The van der Waals surface area contributed by atoms with E-state index in [0.29, 0.717) is 17.9 Å². The molecule has 0 bridgehead atoms. The van der Waals surface area contributed by atoms with E-state index in [1.807, 2.05) is 18.3 Å². The Morgan fingerprint density at radius 2 is 1.88 bits per heavy atom. The minimum Gasteiger partial charge on any atom is -0.542 e. The summed E-state index contributed by atoms with van der Waals surface area (Å²) in [6, 6.07) is 14.6. The number of nitrogens with one attached hydrogen (secondary N) is 2. The molecule has 1 aliphatic heterocycles. The number of carbonyl (C=O) groups is 2. The zero-order valence-corrected chi connectivity index (χ0v) is 17.6. The highest BCUT2D eigenvalue weighted by molar-refractivity contribution is 6.24. The molecule has 0 radical (unpaired) electrons. The number of Topliss-reactive ketones (excluding diaryl/α,β-unsaturated/α-hetero) is 1. The van der Waals surface area contributed by atoms with Crippen molar-refractivity contribution in [3.8, 4) is 0 Å². The molecule has 1 aliphatic carbocycles. The Bertz CT molecular complexity index is 1310. The quantitative estimate of drug-likeness (QED) is 0.594. The first-order chi connectivity index (χ1) is 15.7. The Balaban J connectivity index is 0.000000325. The minimum atomic E-state index is -5.19. The van der Waals surface area contributed by atoms with Gasteiger partial charge < -0.3 is 20.2 Å². The predicted molar refractivity (Wildman–Crippen MR) is 114 cm³/mol. The van der Waals surface area contributed by atoms with Crippen molar-refractivity contribution in [1.29, 1.82) is 0 Å². The van der Waals surface area contributed by atoms with E-state index in [1.54, 1.807) is 0 Å². The number of aromatic nitrogens is 1. The van der Waals surface area contributed by atoms with Crippen molar-refractivity contribution < 1.29 is 32.4 Å². The second-order valence-corrected chi connectivity index (χ2v) is 7.78. The van der Waals surface area contributed by atoms with Crippen LogP contribution in [0.5, 0.6) is 0 Å². The molecular formula is C24H20F3N3O3. The number of likely N-dealkylation sites (N-methyl/N-ethyl adjacent to an activating group) is 1. The molecule has 0 saturated carbocycles. The minimum absolute atomic E-state index is 0.0468. The third-order valence-corrected chi connectivity index (χ3v) is 5.68. The monoisotopic (exact) mass is 455 g/mol. The lowest BCUT2D eigenvalue weighted by Gasteiger charge is -2.19. The van der Waals surface area contributed by atoms with Gasteiger partial charge in [-0.1, -0.05) is 42.5 Å². The molecule has 0 unspecified atom stereocenters. The van der Waals surface area contributed by atoms with Crippen LogP contribution >= 0.6 is 0 Å². The lowest BCUT2D eigenvalue weighted by molar-refractivity contribution is -0.497. The van der Waals surface area contributed by atoms with Crippen LogP contribution < -0.4 is 10.4 Å². The number of carboxylic acids is 1. The topological polar surface area (TPSA) is 88.0 Å². The van der Waals surface area contributed by atoms with Gasteiger partial charge in [-0.3, -0.25) is 4.79 Å². The first-order valence-corrected chi connectivity index (χ1v) is 10.2. The van der Waals surface area contributed by atoms with Crippen molar-refractivity contribution in [2.75, 3.05) is 13.6 Å². The zero-order valence-electron chi connectivity index (χ0n) is 17.6. The smallest absolute Gasteiger partial charge is 0.430 e. The number of hydrogen-bond donors (Lipinski definition) is 2. The highest BCUT2D eigenvalue weighted by atomic mass is 19.4. The molecule has 2 N–H and O–H groups in total. The molecule has 0 saturated heterocycles. The van der Waals surface area contributed by atoms with Crippen LogP contribution in [-0.4, -0.2) is 46.8 Å². The number of H-pyrrole nitrogens is 1. The summed E-state index contributed by atoms with van der Waals surface area (Å²) < 4.78 is 33.8. The maximum absolute atomic E-state index is 12.9. The number of rotatable bonds is 3. The van der Waals surface area contributed by atoms with Gasteiger partial charge in [-0.05, 0) is 21.9 Å². The summed E-state index contributed by atoms with van der Waals surface area (Å²) in [5.41, 5.74) is 6.01. The Morgan fingerprint density at radius 1 is 1.18 bits per heavy atom. The molecule has 2 aliphatic rings. The first kappa shape index (κ1) is 22.3. The van der Waals surface area contributed by atoms with Gasteiger partial charge in [0.2, 0.25) is 11.5 Å². The Morgan fingerprint density at radius 3 is 2.61 bits per heavy atom. The highest BCUT2D eigenvalue weighted by Crippen LogP contribution is 2.27. The number of carboxylic acid groups (broad SMARTS) is 1. The van der Waals surface area contributed by atoms with Crippen molar-refractivity contribution in [2.24, 2.45) is 0 Å². The van der Waals surface area contributed by atoms with Gasteiger partial charge in [0.25, 0.3) is 0 Å². The predicted octanol–water partition coefficient (Wildman–Crippen LogP) is 2.32. The van der Waals surface area contributed by atoms with E-state index >= 15 is 0 Å². The van der Waals surface area contributed by atoms with Crippen molar-refractivity contribution in [3.05, 3.63) is 82.8 Å². The molecule has 5 rings (SSSR count). The van der Waals surface area contributed by atoms with Crippen LogP contribution in [0.1, 0.15) is 27.2 Å². The summed E-state index contributed by atoms with van der Waals surface area (Å²) in [4.78, 5) is 24.9. The number of benzene rings is 2. The van der Waals surface area contributed by atoms with Crippen LogP contribution in [-0.2, 0) is 17.8 Å². The molecule has 0 amide bonds. The molecule has 3 aromatic rings. The average molecular weight is 455 g/mol. The summed E-state index contributed by atoms with van der Waals surface area (Å²) in [7, 11) is 2.09. The van der Waals surface area contributed by atoms with E-state index in [4.69, 9.17) is 9.90 Å². The molecule has 0 atom stereocenters. The average Bonchev–Trinajstić information content (AvgIpc) is 3.22. The number of carbonyl (C=O) groups excluding carboxylic acids is 2. The Labute approximate surface area is 187 Å². The number of halogens is 3. The lowest BCUT2D eigenvalue weighted by Crippen LogP contribution is -2.37. The zero-order chi connectivity index (χ0) is 23.8. The summed E-state index contributed by atoms with van der Waals surface area (Å²) in [6.07, 6.45) is -0.227. The van der Waals surface area contributed by atoms with E-state index in [1.165, 1.54) is 21.9 Å². The number of aliphatic carboxylic acids is 1. The van der Waals surface area contributed by atoms with Gasteiger partial charge in [0, 0.05) is 25.2 Å². The van der Waals surface area contributed by atoms with Gasteiger partial charge in [-0.15, -0.1) is 0 Å². The van der Waals surface area contributed by atoms with Crippen LogP contribution in [0.15, 0.2) is 60.4 Å². The molecule has 0 spiro atoms. The van der Waals surface area contributed by atoms with E-state index in [2.05, 4.69) is 58.3 Å². The summed E-state index contributed by atoms with van der Waals surface area (Å²) in [6.45, 7) is 1.60. The van der Waals surface area contributed by atoms with Gasteiger partial charge >= 0.3 is 6.18 Å². The van der Waals surface area contributed by atoms with Gasteiger partial charge in [0.15, 0.2) is 0 Å². The van der Waals surface area contributed by atoms with Crippen LogP contribution in [0.3, 0.4) is 0 Å². The number of hydrogen-bond acceptors (Lipinski definition) is 4. The fourth-order valence-corrected chi connectivity index (χ4v) is 4.02. The molecule has 2 aromatic carbocycles. The van der Waals surface area contributed by atoms with Gasteiger partial charge in [-0.2, -0.15) is 13.2 Å². The Kier molecular flexibility index (Phi) is 5.80. The number of fused-ring (bicyclic) bond motifs is 1. The van der Waals surface area contributed by atoms with Crippen molar-refractivity contribution >= 4 is 28.2 Å². The SMILES string of the molecule is C[N+]1=C2C=C(NCc3cccc4ccccc34)C(=O)c3[nH]cc(c32)CC1.O=C([O-])C(F)(F)F. The third-order valence-electron chi connectivity index (χ3n) is 5.68. The van der Waals surface area contributed by atoms with Gasteiger partial charge in [-0.25, -0.2) is 4.58 Å². The normalized spacial score (nSPS) is 14.9. The Hall–Kier alpha value is -3.88. The fraction of sp³-hybridized carbons (Fsp3) is 0.208. The number of aromatic amines is 1. The van der Waals surface area contributed by atoms with Gasteiger partial charge in [0.1, 0.15) is 25.3 Å². The van der Waals surface area contributed by atoms with E-state index in [9.17, 15) is 18.0 Å². The molecule has 33 heavy (non-hydrogen) atoms. The molecule has 170 valence electrons. The lowest BCUT2D eigenvalue weighted by atomic mass is 9.91. The summed E-state index contributed by atoms with van der Waals surface area (Å²) in [5, 5.41) is 14.6. The largest absolute Gasteiger partial charge is 0.542 e. The van der Waals surface area contributed by atoms with Crippen molar-refractivity contribution in [3.63, 3.8) is 0 Å². The first-order valence-electron chi connectivity index (χ1n) is 10.2. The number of nitrogens with zero attached hydrogens (tertiary/aromatic N) is 1. The molecule has 2 heterocycles. The maximum atomic E-state index is 12.9. The molecule has 1 aromatic heterocycles.